The van der Waals surface area contributed by atoms with Crippen molar-refractivity contribution in [3.8, 4) is 0 Å². The SMILES string of the molecule is CCCC1CC=C([N+](=O)[O-])CC1. The van der Waals surface area contributed by atoms with Crippen molar-refractivity contribution in [3.63, 3.8) is 0 Å². The smallest absolute Gasteiger partial charge is 0.242 e. The second-order valence-electron chi connectivity index (χ2n) is 3.38. The third-order valence-electron chi connectivity index (χ3n) is 2.43. The fourth-order valence-electron chi connectivity index (χ4n) is 1.71. The lowest BCUT2D eigenvalue weighted by atomic mass is 9.89. The van der Waals surface area contributed by atoms with Crippen LogP contribution < -0.4 is 0 Å². The third kappa shape index (κ3) is 2.32. The summed E-state index contributed by atoms with van der Waals surface area (Å²) in [5.74, 6) is 0.693. The minimum absolute atomic E-state index is 0.248. The molecule has 1 aliphatic rings. The third-order valence-corrected chi connectivity index (χ3v) is 2.43. The summed E-state index contributed by atoms with van der Waals surface area (Å²) in [6.07, 6.45) is 6.76. The van der Waals surface area contributed by atoms with Crippen molar-refractivity contribution in [3.05, 3.63) is 21.9 Å². The van der Waals surface area contributed by atoms with Gasteiger partial charge in [0.1, 0.15) is 0 Å². The summed E-state index contributed by atoms with van der Waals surface area (Å²) in [5.41, 5.74) is 0.419. The summed E-state index contributed by atoms with van der Waals surface area (Å²) in [7, 11) is 0. The van der Waals surface area contributed by atoms with Gasteiger partial charge in [0.05, 0.1) is 4.92 Å². The van der Waals surface area contributed by atoms with Gasteiger partial charge >= 0.3 is 0 Å². The second kappa shape index (κ2) is 4.24. The van der Waals surface area contributed by atoms with Crippen LogP contribution in [-0.2, 0) is 0 Å². The highest BCUT2D eigenvalue weighted by Gasteiger charge is 2.19. The first-order valence-corrected chi connectivity index (χ1v) is 4.57. The summed E-state index contributed by atoms with van der Waals surface area (Å²) in [5, 5.41) is 10.4. The maximum Gasteiger partial charge on any atom is 0.242 e. The van der Waals surface area contributed by atoms with Crippen molar-refractivity contribution in [2.45, 2.75) is 39.0 Å². The zero-order valence-electron chi connectivity index (χ0n) is 7.45. The van der Waals surface area contributed by atoms with Crippen LogP contribution in [0, 0.1) is 16.0 Å². The van der Waals surface area contributed by atoms with E-state index in [1.54, 1.807) is 6.08 Å². The minimum atomic E-state index is -0.248. The van der Waals surface area contributed by atoms with Gasteiger partial charge in [-0.05, 0) is 24.8 Å². The van der Waals surface area contributed by atoms with Gasteiger partial charge in [-0.3, -0.25) is 10.1 Å². The predicted octanol–water partition coefficient (Wildman–Crippen LogP) is 2.75. The summed E-state index contributed by atoms with van der Waals surface area (Å²) >= 11 is 0. The maximum absolute atomic E-state index is 10.4. The molecule has 0 spiro atoms. The van der Waals surface area contributed by atoms with E-state index in [2.05, 4.69) is 6.92 Å². The topological polar surface area (TPSA) is 43.1 Å². The lowest BCUT2D eigenvalue weighted by Crippen LogP contribution is -2.09. The van der Waals surface area contributed by atoms with Gasteiger partial charge < -0.3 is 0 Å². The Labute approximate surface area is 72.6 Å². The molecule has 0 bridgehead atoms. The molecule has 0 amide bonds. The van der Waals surface area contributed by atoms with Crippen molar-refractivity contribution in [2.24, 2.45) is 5.92 Å². The molecule has 0 fully saturated rings. The van der Waals surface area contributed by atoms with Crippen LogP contribution in [0.3, 0.4) is 0 Å². The Morgan fingerprint density at radius 3 is 2.92 bits per heavy atom. The standard InChI is InChI=1S/C9H15NO2/c1-2-3-8-4-6-9(7-5-8)10(11)12/h6,8H,2-5,7H2,1H3. The molecular weight excluding hydrogens is 154 g/mol. The summed E-state index contributed by atoms with van der Waals surface area (Å²) in [4.78, 5) is 10.1. The molecule has 3 heteroatoms. The van der Waals surface area contributed by atoms with E-state index in [0.29, 0.717) is 18.0 Å². The molecule has 0 aliphatic heterocycles. The number of hydrogen-bond acceptors (Lipinski definition) is 2. The average Bonchev–Trinajstić information content (AvgIpc) is 2.06. The number of rotatable bonds is 3. The molecule has 0 N–H and O–H groups in total. The summed E-state index contributed by atoms with van der Waals surface area (Å²) in [6, 6.07) is 0. The van der Waals surface area contributed by atoms with E-state index < -0.39 is 0 Å². The maximum atomic E-state index is 10.4. The lowest BCUT2D eigenvalue weighted by molar-refractivity contribution is -0.429. The van der Waals surface area contributed by atoms with E-state index in [-0.39, 0.29) is 4.92 Å². The molecule has 1 aliphatic carbocycles. The Morgan fingerprint density at radius 2 is 2.50 bits per heavy atom. The van der Waals surface area contributed by atoms with Crippen molar-refractivity contribution >= 4 is 0 Å². The molecule has 0 aromatic heterocycles. The normalized spacial score (nSPS) is 23.4. The van der Waals surface area contributed by atoms with Gasteiger partial charge in [-0.25, -0.2) is 0 Å². The molecule has 1 atom stereocenters. The van der Waals surface area contributed by atoms with Crippen LogP contribution >= 0.6 is 0 Å². The fourth-order valence-corrected chi connectivity index (χ4v) is 1.71. The van der Waals surface area contributed by atoms with Crippen molar-refractivity contribution in [2.75, 3.05) is 0 Å². The van der Waals surface area contributed by atoms with Crippen molar-refractivity contribution in [1.82, 2.24) is 0 Å². The Kier molecular flexibility index (Phi) is 3.26. The Bertz CT molecular complexity index is 199. The molecule has 0 aromatic carbocycles. The molecule has 0 radical (unpaired) electrons. The lowest BCUT2D eigenvalue weighted by Gasteiger charge is -2.16. The summed E-state index contributed by atoms with van der Waals surface area (Å²) < 4.78 is 0. The van der Waals surface area contributed by atoms with Gasteiger partial charge in [0.25, 0.3) is 0 Å². The minimum Gasteiger partial charge on any atom is -0.259 e. The Hall–Kier alpha value is -0.860. The average molecular weight is 169 g/mol. The van der Waals surface area contributed by atoms with Crippen molar-refractivity contribution in [1.29, 1.82) is 0 Å². The number of nitro groups is 1. The highest BCUT2D eigenvalue weighted by molar-refractivity contribution is 4.97. The largest absolute Gasteiger partial charge is 0.259 e. The van der Waals surface area contributed by atoms with Crippen molar-refractivity contribution < 1.29 is 4.92 Å². The van der Waals surface area contributed by atoms with Crippen LogP contribution in [0.1, 0.15) is 39.0 Å². The van der Waals surface area contributed by atoms with Crippen LogP contribution in [0.25, 0.3) is 0 Å². The van der Waals surface area contributed by atoms with Gasteiger partial charge in [0.2, 0.25) is 5.70 Å². The van der Waals surface area contributed by atoms with E-state index in [1.165, 1.54) is 12.8 Å². The van der Waals surface area contributed by atoms with Gasteiger partial charge in [-0.1, -0.05) is 19.8 Å². The first kappa shape index (κ1) is 9.23. The first-order chi connectivity index (χ1) is 5.74. The Balaban J connectivity index is 2.42. The van der Waals surface area contributed by atoms with Crippen LogP contribution in [0.4, 0.5) is 0 Å². The highest BCUT2D eigenvalue weighted by atomic mass is 16.6. The quantitative estimate of drug-likeness (QED) is 0.481. The molecule has 1 rings (SSSR count). The van der Waals surface area contributed by atoms with E-state index in [4.69, 9.17) is 0 Å². The number of nitrogens with zero attached hydrogens (tertiary/aromatic N) is 1. The van der Waals surface area contributed by atoms with E-state index in [0.717, 1.165) is 12.8 Å². The second-order valence-corrected chi connectivity index (χ2v) is 3.38. The molecule has 68 valence electrons. The summed E-state index contributed by atoms with van der Waals surface area (Å²) in [6.45, 7) is 2.16. The molecular formula is C9H15NO2. The molecule has 12 heavy (non-hydrogen) atoms. The van der Waals surface area contributed by atoms with E-state index >= 15 is 0 Å². The monoisotopic (exact) mass is 169 g/mol. The zero-order valence-corrected chi connectivity index (χ0v) is 7.45. The molecule has 0 saturated heterocycles. The molecule has 1 unspecified atom stereocenters. The van der Waals surface area contributed by atoms with Crippen LogP contribution in [0.2, 0.25) is 0 Å². The predicted molar refractivity (Wildman–Crippen MR) is 47.3 cm³/mol. The number of hydrogen-bond donors (Lipinski definition) is 0. The van der Waals surface area contributed by atoms with Crippen LogP contribution in [0.5, 0.6) is 0 Å². The van der Waals surface area contributed by atoms with Gasteiger partial charge in [0.15, 0.2) is 0 Å². The fraction of sp³-hybridized carbons (Fsp3) is 0.778. The van der Waals surface area contributed by atoms with Gasteiger partial charge in [-0.15, -0.1) is 0 Å². The molecule has 0 aromatic rings. The Morgan fingerprint density at radius 1 is 1.75 bits per heavy atom. The van der Waals surface area contributed by atoms with Gasteiger partial charge in [0, 0.05) is 6.42 Å². The molecule has 0 heterocycles. The highest BCUT2D eigenvalue weighted by Crippen LogP contribution is 2.26. The van der Waals surface area contributed by atoms with E-state index in [9.17, 15) is 10.1 Å². The zero-order chi connectivity index (χ0) is 8.97. The van der Waals surface area contributed by atoms with Crippen LogP contribution in [-0.4, -0.2) is 4.92 Å². The number of allylic oxidation sites excluding steroid dienone is 2. The molecule has 0 saturated carbocycles. The van der Waals surface area contributed by atoms with E-state index in [1.807, 2.05) is 0 Å². The van der Waals surface area contributed by atoms with Gasteiger partial charge in [-0.2, -0.15) is 0 Å². The van der Waals surface area contributed by atoms with Crippen LogP contribution in [0.15, 0.2) is 11.8 Å². The first-order valence-electron chi connectivity index (χ1n) is 4.57. The molecule has 3 nitrogen and oxygen atoms in total.